The predicted molar refractivity (Wildman–Crippen MR) is 91.1 cm³/mol. The van der Waals surface area contributed by atoms with Gasteiger partial charge in [0.05, 0.1) is 6.61 Å². The minimum atomic E-state index is -0.264. The fraction of sp³-hybridized carbons (Fsp3) is 0.118. The number of nitrogens with zero attached hydrogens (tertiary/aromatic N) is 2. The van der Waals surface area contributed by atoms with Gasteiger partial charge in [-0.05, 0) is 23.3 Å². The molecule has 0 bridgehead atoms. The van der Waals surface area contributed by atoms with Crippen LogP contribution in [0.5, 0.6) is 0 Å². The molecule has 0 radical (unpaired) electrons. The molecule has 24 heavy (non-hydrogen) atoms. The third kappa shape index (κ3) is 4.68. The minimum absolute atomic E-state index is 0.264. The fourth-order valence-electron chi connectivity index (χ4n) is 1.99. The molecular weight excluding hydrogens is 324 g/mol. The van der Waals surface area contributed by atoms with Gasteiger partial charge < -0.3 is 0 Å². The summed E-state index contributed by atoms with van der Waals surface area (Å²) in [7, 11) is 0. The van der Waals surface area contributed by atoms with Gasteiger partial charge in [-0.25, -0.2) is 10.5 Å². The Morgan fingerprint density at radius 2 is 1.88 bits per heavy atom. The van der Waals surface area contributed by atoms with Crippen LogP contribution in [0, 0.1) is 0 Å². The van der Waals surface area contributed by atoms with Crippen molar-refractivity contribution in [3.8, 4) is 0 Å². The van der Waals surface area contributed by atoms with Crippen molar-refractivity contribution < 1.29 is 9.63 Å². The molecule has 0 aliphatic rings. The van der Waals surface area contributed by atoms with Crippen molar-refractivity contribution in [3.63, 3.8) is 0 Å². The van der Waals surface area contributed by atoms with Crippen molar-refractivity contribution in [2.24, 2.45) is 0 Å². The van der Waals surface area contributed by atoms with E-state index >= 15 is 0 Å². The summed E-state index contributed by atoms with van der Waals surface area (Å²) in [4.78, 5) is 21.3. The van der Waals surface area contributed by atoms with Crippen molar-refractivity contribution in [2.75, 3.05) is 0 Å². The van der Waals surface area contributed by atoms with E-state index in [-0.39, 0.29) is 5.91 Å². The molecule has 0 saturated carbocycles. The summed E-state index contributed by atoms with van der Waals surface area (Å²) >= 11 is 1.55. The zero-order valence-electron chi connectivity index (χ0n) is 12.8. The van der Waals surface area contributed by atoms with Gasteiger partial charge in [0, 0.05) is 11.3 Å². The standard InChI is InChI=1S/C17H16N4O2S/c22-16(21-23-10-13-4-2-1-3-5-13)15-8-6-14(7-9-15)11-24-17-18-12-19-20-17/h1-9,12H,10-11H2,(H,21,22)(H,18,19,20). The molecule has 3 rings (SSSR count). The number of hydrogen-bond donors (Lipinski definition) is 2. The third-order valence-corrected chi connectivity index (χ3v) is 4.18. The molecule has 6 nitrogen and oxygen atoms in total. The molecule has 0 unspecified atom stereocenters. The largest absolute Gasteiger partial charge is 0.274 e. The number of carbonyl (C=O) groups excluding carboxylic acids is 1. The van der Waals surface area contributed by atoms with E-state index in [9.17, 15) is 4.79 Å². The number of amides is 1. The van der Waals surface area contributed by atoms with E-state index in [1.165, 1.54) is 6.33 Å². The van der Waals surface area contributed by atoms with Crippen LogP contribution in [0.4, 0.5) is 0 Å². The van der Waals surface area contributed by atoms with E-state index in [4.69, 9.17) is 4.84 Å². The van der Waals surface area contributed by atoms with Crippen molar-refractivity contribution in [2.45, 2.75) is 17.5 Å². The van der Waals surface area contributed by atoms with Gasteiger partial charge in [0.25, 0.3) is 5.91 Å². The van der Waals surface area contributed by atoms with E-state index in [0.29, 0.717) is 12.2 Å². The summed E-state index contributed by atoms with van der Waals surface area (Å²) in [6.45, 7) is 0.332. The first-order chi connectivity index (χ1) is 11.8. The first kappa shape index (κ1) is 16.2. The van der Waals surface area contributed by atoms with Crippen LogP contribution in [-0.4, -0.2) is 21.1 Å². The molecule has 0 aliphatic heterocycles. The Hall–Kier alpha value is -2.64. The molecule has 0 atom stereocenters. The lowest BCUT2D eigenvalue weighted by atomic mass is 10.1. The number of H-pyrrole nitrogens is 1. The number of thioether (sulfide) groups is 1. The quantitative estimate of drug-likeness (QED) is 0.510. The van der Waals surface area contributed by atoms with E-state index in [0.717, 1.165) is 22.0 Å². The van der Waals surface area contributed by atoms with Gasteiger partial charge >= 0.3 is 0 Å². The van der Waals surface area contributed by atoms with Crippen LogP contribution in [0.2, 0.25) is 0 Å². The topological polar surface area (TPSA) is 79.9 Å². The van der Waals surface area contributed by atoms with Gasteiger partial charge in [-0.3, -0.25) is 14.7 Å². The molecule has 0 spiro atoms. The molecule has 2 aromatic carbocycles. The maximum atomic E-state index is 12.0. The normalized spacial score (nSPS) is 10.5. The second-order valence-electron chi connectivity index (χ2n) is 4.98. The summed E-state index contributed by atoms with van der Waals surface area (Å²) in [6.07, 6.45) is 1.48. The first-order valence-electron chi connectivity index (χ1n) is 7.34. The van der Waals surface area contributed by atoms with Crippen LogP contribution < -0.4 is 5.48 Å². The lowest BCUT2D eigenvalue weighted by molar-refractivity contribution is 0.0233. The molecule has 1 aromatic heterocycles. The number of benzene rings is 2. The van der Waals surface area contributed by atoms with E-state index in [1.807, 2.05) is 42.5 Å². The lowest BCUT2D eigenvalue weighted by Gasteiger charge is -2.07. The van der Waals surface area contributed by atoms with Crippen LogP contribution in [0.3, 0.4) is 0 Å². The molecule has 2 N–H and O–H groups in total. The summed E-state index contributed by atoms with van der Waals surface area (Å²) in [5, 5.41) is 7.36. The Balaban J connectivity index is 1.46. The second kappa shape index (κ2) is 8.28. The average molecular weight is 340 g/mol. The van der Waals surface area contributed by atoms with Crippen LogP contribution >= 0.6 is 11.8 Å². The van der Waals surface area contributed by atoms with Crippen molar-refractivity contribution in [1.29, 1.82) is 0 Å². The second-order valence-corrected chi connectivity index (χ2v) is 5.95. The molecule has 0 saturated heterocycles. The Morgan fingerprint density at radius 3 is 2.58 bits per heavy atom. The number of carbonyl (C=O) groups is 1. The third-order valence-electron chi connectivity index (χ3n) is 3.23. The van der Waals surface area contributed by atoms with Crippen LogP contribution in [0.15, 0.2) is 66.1 Å². The molecule has 1 heterocycles. The highest BCUT2D eigenvalue weighted by Gasteiger charge is 2.06. The Morgan fingerprint density at radius 1 is 1.08 bits per heavy atom. The maximum absolute atomic E-state index is 12.0. The molecular formula is C17H16N4O2S. The van der Waals surface area contributed by atoms with Gasteiger partial charge in [-0.2, -0.15) is 5.10 Å². The van der Waals surface area contributed by atoms with Crippen LogP contribution in [0.25, 0.3) is 0 Å². The fourth-order valence-corrected chi connectivity index (χ4v) is 2.72. The Labute approximate surface area is 143 Å². The highest BCUT2D eigenvalue weighted by atomic mass is 32.2. The summed E-state index contributed by atoms with van der Waals surface area (Å²) in [5.41, 5.74) is 5.10. The van der Waals surface area contributed by atoms with Crippen molar-refractivity contribution in [3.05, 3.63) is 77.6 Å². The van der Waals surface area contributed by atoms with Gasteiger partial charge in [0.15, 0.2) is 5.16 Å². The van der Waals surface area contributed by atoms with Crippen molar-refractivity contribution in [1.82, 2.24) is 20.7 Å². The van der Waals surface area contributed by atoms with Gasteiger partial charge in [0.1, 0.15) is 6.33 Å². The van der Waals surface area contributed by atoms with Gasteiger partial charge in [-0.1, -0.05) is 54.2 Å². The van der Waals surface area contributed by atoms with E-state index in [1.54, 1.807) is 23.9 Å². The Kier molecular flexibility index (Phi) is 5.60. The van der Waals surface area contributed by atoms with Crippen LogP contribution in [0.1, 0.15) is 21.5 Å². The number of hydrogen-bond acceptors (Lipinski definition) is 5. The SMILES string of the molecule is O=C(NOCc1ccccc1)c1ccc(CSc2ncn[nH]2)cc1. The number of aromatic nitrogens is 3. The number of hydroxylamine groups is 1. The van der Waals surface area contributed by atoms with Gasteiger partial charge in [-0.15, -0.1) is 0 Å². The summed E-state index contributed by atoms with van der Waals surface area (Å²) in [5.74, 6) is 0.488. The monoisotopic (exact) mass is 340 g/mol. The molecule has 0 fully saturated rings. The molecule has 122 valence electrons. The maximum Gasteiger partial charge on any atom is 0.274 e. The lowest BCUT2D eigenvalue weighted by Crippen LogP contribution is -2.23. The van der Waals surface area contributed by atoms with Crippen molar-refractivity contribution >= 4 is 17.7 Å². The minimum Gasteiger partial charge on any atom is -0.269 e. The number of rotatable bonds is 7. The number of aromatic amines is 1. The van der Waals surface area contributed by atoms with Crippen LogP contribution in [-0.2, 0) is 17.2 Å². The number of nitrogens with one attached hydrogen (secondary N) is 2. The first-order valence-corrected chi connectivity index (χ1v) is 8.33. The molecule has 0 aliphatic carbocycles. The zero-order chi connectivity index (χ0) is 16.6. The Bertz CT molecular complexity index is 761. The summed E-state index contributed by atoms with van der Waals surface area (Å²) in [6, 6.07) is 17.0. The average Bonchev–Trinajstić information content (AvgIpc) is 3.15. The molecule has 3 aromatic rings. The molecule has 7 heteroatoms. The zero-order valence-corrected chi connectivity index (χ0v) is 13.6. The van der Waals surface area contributed by atoms with E-state index in [2.05, 4.69) is 20.7 Å². The smallest absolute Gasteiger partial charge is 0.269 e. The summed E-state index contributed by atoms with van der Waals surface area (Å²) < 4.78 is 0. The molecule has 1 amide bonds. The van der Waals surface area contributed by atoms with E-state index < -0.39 is 0 Å². The highest BCUT2D eigenvalue weighted by molar-refractivity contribution is 7.98. The highest BCUT2D eigenvalue weighted by Crippen LogP contribution is 2.18. The van der Waals surface area contributed by atoms with Gasteiger partial charge in [0.2, 0.25) is 0 Å². The predicted octanol–water partition coefficient (Wildman–Crippen LogP) is 2.96.